The number of carbonyl (C=O) groups is 1. The smallest absolute Gasteiger partial charge is 0.303 e. The van der Waals surface area contributed by atoms with Crippen molar-refractivity contribution >= 4 is 5.97 Å². The minimum absolute atomic E-state index is 0.144. The molecule has 4 atom stereocenters. The fraction of sp³-hybridized carbons (Fsp3) is 0.571. The largest absolute Gasteiger partial charge is 0.507 e. The second-order valence-electron chi connectivity index (χ2n) is 11.9. The number of hydrogen-bond acceptors (Lipinski definition) is 7. The lowest BCUT2D eigenvalue weighted by Gasteiger charge is -2.35. The van der Waals surface area contributed by atoms with E-state index in [1.165, 1.54) is 16.7 Å². The molecule has 1 aliphatic rings. The van der Waals surface area contributed by atoms with Crippen LogP contribution in [-0.4, -0.2) is 62.7 Å². The Balaban J connectivity index is 1.85. The van der Waals surface area contributed by atoms with Crippen LogP contribution in [0.5, 0.6) is 11.5 Å². The van der Waals surface area contributed by atoms with Crippen molar-refractivity contribution in [2.45, 2.75) is 124 Å². The number of carboxylic acids is 1. The van der Waals surface area contributed by atoms with Crippen LogP contribution in [0, 0.1) is 13.8 Å². The van der Waals surface area contributed by atoms with Crippen LogP contribution in [0.15, 0.2) is 52.7 Å². The lowest BCUT2D eigenvalue weighted by molar-refractivity contribution is -0.242. The number of allylic oxidation sites excluding steroid dienone is 8. The molecule has 5 N–H and O–H groups in total. The van der Waals surface area contributed by atoms with Crippen molar-refractivity contribution < 1.29 is 39.8 Å². The first-order valence-electron chi connectivity index (χ1n) is 15.3. The fourth-order valence-corrected chi connectivity index (χ4v) is 4.86. The molecule has 1 aliphatic heterocycles. The van der Waals surface area contributed by atoms with Gasteiger partial charge in [-0.05, 0) is 110 Å². The first-order chi connectivity index (χ1) is 20.3. The van der Waals surface area contributed by atoms with Crippen LogP contribution >= 0.6 is 0 Å². The van der Waals surface area contributed by atoms with Gasteiger partial charge in [-0.25, -0.2) is 0 Å². The van der Waals surface area contributed by atoms with E-state index in [1.54, 1.807) is 6.07 Å². The van der Waals surface area contributed by atoms with Crippen LogP contribution < -0.4 is 4.74 Å². The van der Waals surface area contributed by atoms with Gasteiger partial charge in [-0.15, -0.1) is 0 Å². The molecular formula is C35H52O8. The van der Waals surface area contributed by atoms with Crippen LogP contribution in [0.1, 0.15) is 95.8 Å². The number of carboxylic acid groups (broad SMARTS) is 1. The Hall–Kier alpha value is -2.91. The molecule has 2 rings (SSSR count). The van der Waals surface area contributed by atoms with Crippen LogP contribution in [0.3, 0.4) is 0 Å². The van der Waals surface area contributed by atoms with Crippen molar-refractivity contribution in [3.8, 4) is 11.5 Å². The van der Waals surface area contributed by atoms with Gasteiger partial charge in [0, 0.05) is 12.0 Å². The lowest BCUT2D eigenvalue weighted by atomic mass is 9.99. The molecule has 1 aromatic rings. The zero-order chi connectivity index (χ0) is 32.1. The molecule has 43 heavy (non-hydrogen) atoms. The average Bonchev–Trinajstić information content (AvgIpc) is 2.95. The highest BCUT2D eigenvalue weighted by atomic mass is 16.7. The van der Waals surface area contributed by atoms with E-state index < -0.39 is 30.6 Å². The van der Waals surface area contributed by atoms with Crippen molar-refractivity contribution in [2.75, 3.05) is 6.61 Å². The van der Waals surface area contributed by atoms with Gasteiger partial charge in [0.05, 0.1) is 6.61 Å². The summed E-state index contributed by atoms with van der Waals surface area (Å²) in [6, 6.07) is 1.74. The van der Waals surface area contributed by atoms with Crippen molar-refractivity contribution in [1.82, 2.24) is 0 Å². The summed E-state index contributed by atoms with van der Waals surface area (Å²) in [5, 5.41) is 49.5. The molecular weight excluding hydrogens is 548 g/mol. The van der Waals surface area contributed by atoms with E-state index in [2.05, 4.69) is 45.1 Å². The summed E-state index contributed by atoms with van der Waals surface area (Å²) >= 11 is 0. The van der Waals surface area contributed by atoms with E-state index in [1.807, 2.05) is 20.8 Å². The minimum Gasteiger partial charge on any atom is -0.507 e. The molecule has 8 nitrogen and oxygen atoms in total. The average molecular weight is 601 g/mol. The molecule has 0 aromatic heterocycles. The van der Waals surface area contributed by atoms with Crippen LogP contribution in [-0.2, 0) is 16.0 Å². The first kappa shape index (κ1) is 36.3. The topological polar surface area (TPSA) is 137 Å². The van der Waals surface area contributed by atoms with Crippen molar-refractivity contribution in [3.63, 3.8) is 0 Å². The summed E-state index contributed by atoms with van der Waals surface area (Å²) in [6.07, 6.45) is 10.9. The molecule has 8 heteroatoms. The minimum atomic E-state index is -1.39. The summed E-state index contributed by atoms with van der Waals surface area (Å²) in [4.78, 5) is 10.7. The quantitative estimate of drug-likeness (QED) is 0.138. The Kier molecular flexibility index (Phi) is 15.2. The summed E-state index contributed by atoms with van der Waals surface area (Å²) in [6.45, 7) is 11.9. The van der Waals surface area contributed by atoms with Gasteiger partial charge < -0.3 is 35.0 Å². The van der Waals surface area contributed by atoms with Gasteiger partial charge in [-0.1, -0.05) is 46.6 Å². The number of phenols is 1. The summed E-state index contributed by atoms with van der Waals surface area (Å²) in [7, 11) is 0. The molecule has 1 heterocycles. The molecule has 0 bridgehead atoms. The fourth-order valence-electron chi connectivity index (χ4n) is 4.86. The summed E-state index contributed by atoms with van der Waals surface area (Å²) in [5.41, 5.74) is 7.16. The molecule has 1 fully saturated rings. The summed E-state index contributed by atoms with van der Waals surface area (Å²) < 4.78 is 11.3. The van der Waals surface area contributed by atoms with Crippen LogP contribution in [0.4, 0.5) is 0 Å². The van der Waals surface area contributed by atoms with E-state index in [0.717, 1.165) is 44.1 Å². The first-order valence-corrected chi connectivity index (χ1v) is 15.3. The van der Waals surface area contributed by atoms with Gasteiger partial charge in [0.1, 0.15) is 29.8 Å². The Labute approximate surface area is 257 Å². The number of phenolic OH excluding ortho intramolecular Hbond substituents is 1. The molecule has 0 spiro atoms. The van der Waals surface area contributed by atoms with Crippen LogP contribution in [0.2, 0.25) is 0 Å². The highest BCUT2D eigenvalue weighted by Crippen LogP contribution is 2.35. The van der Waals surface area contributed by atoms with Crippen molar-refractivity contribution in [3.05, 3.63) is 69.4 Å². The van der Waals surface area contributed by atoms with E-state index in [4.69, 9.17) is 14.6 Å². The number of rotatable bonds is 16. The molecule has 1 aromatic carbocycles. The molecule has 0 amide bonds. The third-order valence-corrected chi connectivity index (χ3v) is 8.09. The highest BCUT2D eigenvalue weighted by Gasteiger charge is 2.39. The van der Waals surface area contributed by atoms with Crippen molar-refractivity contribution in [2.24, 2.45) is 0 Å². The monoisotopic (exact) mass is 600 g/mol. The number of aliphatic hydroxyl groups is 3. The van der Waals surface area contributed by atoms with Crippen LogP contribution in [0.25, 0.3) is 0 Å². The number of aromatic hydroxyl groups is 1. The van der Waals surface area contributed by atoms with Gasteiger partial charge in [0.25, 0.3) is 0 Å². The Morgan fingerprint density at radius 1 is 0.814 bits per heavy atom. The van der Waals surface area contributed by atoms with Gasteiger partial charge >= 0.3 is 5.97 Å². The standard InChI is InChI=1S/C35H52O8/c1-22(10-7-11-23(2)13-9-15-25(4)17-19-31(37)38)12-8-14-24(3)16-18-28-20-30(26(5)27(6)32(28)39)43-35-34(41)33(40)29(36)21-42-35/h11-12,15-16,20,29,33-36,39-41H,7-10,13-14,17-19,21H2,1-6H3,(H,37,38)/b22-12+,23-11+,24-16+,25-15+/t29-,33+,34-,35+/m1/s1. The maximum atomic E-state index is 10.8. The van der Waals surface area contributed by atoms with E-state index in [-0.39, 0.29) is 18.8 Å². The number of benzene rings is 1. The Morgan fingerprint density at radius 2 is 1.33 bits per heavy atom. The molecule has 0 radical (unpaired) electrons. The second-order valence-corrected chi connectivity index (χ2v) is 11.9. The molecule has 0 unspecified atom stereocenters. The molecule has 0 saturated carbocycles. The van der Waals surface area contributed by atoms with Gasteiger partial charge in [0.2, 0.25) is 6.29 Å². The number of aliphatic carboxylic acids is 1. The van der Waals surface area contributed by atoms with E-state index in [0.29, 0.717) is 35.3 Å². The van der Waals surface area contributed by atoms with E-state index >= 15 is 0 Å². The lowest BCUT2D eigenvalue weighted by Crippen LogP contribution is -2.54. The number of ether oxygens (including phenoxy) is 2. The Bertz CT molecular complexity index is 1190. The highest BCUT2D eigenvalue weighted by molar-refractivity contribution is 5.67. The van der Waals surface area contributed by atoms with E-state index in [9.17, 15) is 25.2 Å². The molecule has 0 aliphatic carbocycles. The zero-order valence-corrected chi connectivity index (χ0v) is 26.7. The normalized spacial score (nSPS) is 22.2. The van der Waals surface area contributed by atoms with Crippen molar-refractivity contribution in [1.29, 1.82) is 0 Å². The predicted molar refractivity (Wildman–Crippen MR) is 169 cm³/mol. The van der Waals surface area contributed by atoms with Gasteiger partial charge in [-0.3, -0.25) is 4.79 Å². The second kappa shape index (κ2) is 18.0. The Morgan fingerprint density at radius 3 is 1.86 bits per heavy atom. The maximum Gasteiger partial charge on any atom is 0.303 e. The van der Waals surface area contributed by atoms with Gasteiger partial charge in [-0.2, -0.15) is 0 Å². The third-order valence-electron chi connectivity index (χ3n) is 8.09. The number of aliphatic hydroxyl groups excluding tert-OH is 3. The molecule has 240 valence electrons. The molecule has 1 saturated heterocycles. The maximum absolute atomic E-state index is 10.8. The summed E-state index contributed by atoms with van der Waals surface area (Å²) in [5.74, 6) is -0.0942. The zero-order valence-electron chi connectivity index (χ0n) is 26.7. The van der Waals surface area contributed by atoms with Gasteiger partial charge in [0.15, 0.2) is 0 Å². The predicted octanol–water partition coefficient (Wildman–Crippen LogP) is 6.36. The third kappa shape index (κ3) is 12.3. The SMILES string of the molecule is C/C(=C\CC/C(C)=C/Cc1cc(O[C@@H]2OC[C@@H](O)[C@H](O)[C@H]2O)c(C)c(C)c1O)CC/C=C(\C)CC/C=C(\C)CCC(=O)O. The number of hydrogen-bond donors (Lipinski definition) is 5.